The highest BCUT2D eigenvalue weighted by Crippen LogP contribution is 2.32. The molecular formula is C13H14BrClN2O3. The molecule has 0 saturated heterocycles. The summed E-state index contributed by atoms with van der Waals surface area (Å²) in [5.41, 5.74) is 1.20. The van der Waals surface area contributed by atoms with Gasteiger partial charge in [0.1, 0.15) is 4.60 Å². The number of aryl methyl sites for hydroxylation is 1. The quantitative estimate of drug-likeness (QED) is 0.606. The van der Waals surface area contributed by atoms with E-state index in [4.69, 9.17) is 21.1 Å². The molecule has 7 heteroatoms. The van der Waals surface area contributed by atoms with E-state index in [0.717, 1.165) is 17.3 Å². The standard InChI is InChI=1S/C13H14BrClN2O3/c1-19-5-3-4-17-10-7-8(13(18)20-2)6-9(15)11(10)12(14)16-17/h6-7H,3-5H2,1-2H3. The minimum atomic E-state index is -0.422. The van der Waals surface area contributed by atoms with Gasteiger partial charge in [0.2, 0.25) is 0 Å². The smallest absolute Gasteiger partial charge is 0.337 e. The van der Waals surface area contributed by atoms with Gasteiger partial charge in [0.05, 0.1) is 28.6 Å². The van der Waals surface area contributed by atoms with Crippen LogP contribution < -0.4 is 0 Å². The maximum atomic E-state index is 11.6. The lowest BCUT2D eigenvalue weighted by Gasteiger charge is -2.05. The summed E-state index contributed by atoms with van der Waals surface area (Å²) in [6.45, 7) is 1.32. The van der Waals surface area contributed by atoms with E-state index in [-0.39, 0.29) is 0 Å². The van der Waals surface area contributed by atoms with E-state index >= 15 is 0 Å². The minimum Gasteiger partial charge on any atom is -0.465 e. The summed E-state index contributed by atoms with van der Waals surface area (Å²) in [6.07, 6.45) is 0.819. The molecule has 5 nitrogen and oxygen atoms in total. The van der Waals surface area contributed by atoms with E-state index in [0.29, 0.717) is 28.3 Å². The number of rotatable bonds is 5. The Bertz CT molecular complexity index is 642. The molecule has 0 unspecified atom stereocenters. The molecule has 20 heavy (non-hydrogen) atoms. The highest BCUT2D eigenvalue weighted by Gasteiger charge is 2.16. The summed E-state index contributed by atoms with van der Waals surface area (Å²) in [4.78, 5) is 11.6. The van der Waals surface area contributed by atoms with Crippen molar-refractivity contribution in [3.05, 3.63) is 27.3 Å². The highest BCUT2D eigenvalue weighted by atomic mass is 79.9. The minimum absolute atomic E-state index is 0.408. The van der Waals surface area contributed by atoms with Crippen LogP contribution in [0.3, 0.4) is 0 Å². The van der Waals surface area contributed by atoms with Crippen LogP contribution in [0.2, 0.25) is 5.02 Å². The van der Waals surface area contributed by atoms with E-state index < -0.39 is 5.97 Å². The van der Waals surface area contributed by atoms with Crippen molar-refractivity contribution in [1.82, 2.24) is 9.78 Å². The largest absolute Gasteiger partial charge is 0.465 e. The maximum absolute atomic E-state index is 11.6. The first kappa shape index (κ1) is 15.3. The molecule has 0 atom stereocenters. The Morgan fingerprint density at radius 1 is 1.45 bits per heavy atom. The lowest BCUT2D eigenvalue weighted by atomic mass is 10.1. The molecule has 0 aliphatic heterocycles. The molecule has 1 aromatic carbocycles. The number of nitrogens with zero attached hydrogens (tertiary/aromatic N) is 2. The van der Waals surface area contributed by atoms with Gasteiger partial charge >= 0.3 is 5.97 Å². The van der Waals surface area contributed by atoms with Crippen LogP contribution in [0, 0.1) is 0 Å². The molecule has 0 radical (unpaired) electrons. The third-order valence-electron chi connectivity index (χ3n) is 2.90. The molecule has 0 N–H and O–H groups in total. The third kappa shape index (κ3) is 2.97. The molecule has 0 aliphatic carbocycles. The van der Waals surface area contributed by atoms with Gasteiger partial charge in [-0.25, -0.2) is 4.79 Å². The molecule has 0 fully saturated rings. The second kappa shape index (κ2) is 6.56. The molecule has 2 rings (SSSR count). The fourth-order valence-electron chi connectivity index (χ4n) is 1.97. The lowest BCUT2D eigenvalue weighted by Crippen LogP contribution is -2.05. The summed E-state index contributed by atoms with van der Waals surface area (Å²) in [6, 6.07) is 3.32. The molecule has 0 spiro atoms. The maximum Gasteiger partial charge on any atom is 0.337 e. The van der Waals surface area contributed by atoms with Gasteiger partial charge in [0, 0.05) is 20.3 Å². The van der Waals surface area contributed by atoms with Gasteiger partial charge in [-0.1, -0.05) is 11.6 Å². The fourth-order valence-corrected chi connectivity index (χ4v) is 3.00. The molecule has 1 heterocycles. The predicted molar refractivity (Wildman–Crippen MR) is 80.3 cm³/mol. The van der Waals surface area contributed by atoms with E-state index in [1.54, 1.807) is 23.9 Å². The average Bonchev–Trinajstić information content (AvgIpc) is 2.75. The van der Waals surface area contributed by atoms with Gasteiger partial charge in [0.15, 0.2) is 0 Å². The Hall–Kier alpha value is -1.11. The van der Waals surface area contributed by atoms with Crippen molar-refractivity contribution in [2.75, 3.05) is 20.8 Å². The van der Waals surface area contributed by atoms with Crippen molar-refractivity contribution in [3.8, 4) is 0 Å². The number of carbonyl (C=O) groups is 1. The van der Waals surface area contributed by atoms with Gasteiger partial charge in [-0.05, 0) is 34.5 Å². The molecule has 108 valence electrons. The Kier molecular flexibility index (Phi) is 5.01. The summed E-state index contributed by atoms with van der Waals surface area (Å²) >= 11 is 9.62. The van der Waals surface area contributed by atoms with Crippen LogP contribution in [0.15, 0.2) is 16.7 Å². The number of hydrogen-bond acceptors (Lipinski definition) is 4. The van der Waals surface area contributed by atoms with Gasteiger partial charge in [-0.15, -0.1) is 0 Å². The first-order valence-electron chi connectivity index (χ1n) is 6.01. The van der Waals surface area contributed by atoms with Crippen LogP contribution in [0.4, 0.5) is 0 Å². The normalized spacial score (nSPS) is 11.0. The van der Waals surface area contributed by atoms with Gasteiger partial charge in [-0.3, -0.25) is 4.68 Å². The highest BCUT2D eigenvalue weighted by molar-refractivity contribution is 9.10. The van der Waals surface area contributed by atoms with Crippen molar-refractivity contribution in [2.45, 2.75) is 13.0 Å². The molecule has 0 saturated carbocycles. The van der Waals surface area contributed by atoms with Crippen molar-refractivity contribution >= 4 is 44.4 Å². The van der Waals surface area contributed by atoms with Crippen LogP contribution in [-0.4, -0.2) is 36.6 Å². The zero-order chi connectivity index (χ0) is 14.7. The second-order valence-corrected chi connectivity index (χ2v) is 5.36. The Balaban J connectivity index is 2.48. The van der Waals surface area contributed by atoms with Gasteiger partial charge in [0.25, 0.3) is 0 Å². The Labute approximate surface area is 129 Å². The molecule has 0 bridgehead atoms. The Morgan fingerprint density at radius 3 is 2.85 bits per heavy atom. The van der Waals surface area contributed by atoms with Crippen molar-refractivity contribution in [3.63, 3.8) is 0 Å². The topological polar surface area (TPSA) is 53.4 Å². The average molecular weight is 362 g/mol. The first-order chi connectivity index (χ1) is 9.58. The van der Waals surface area contributed by atoms with Crippen molar-refractivity contribution in [1.29, 1.82) is 0 Å². The number of ether oxygens (including phenoxy) is 2. The van der Waals surface area contributed by atoms with Crippen molar-refractivity contribution < 1.29 is 14.3 Å². The van der Waals surface area contributed by atoms with Gasteiger partial charge < -0.3 is 9.47 Å². The van der Waals surface area contributed by atoms with Crippen molar-refractivity contribution in [2.24, 2.45) is 0 Å². The van der Waals surface area contributed by atoms with Crippen LogP contribution in [-0.2, 0) is 16.0 Å². The van der Waals surface area contributed by atoms with E-state index in [2.05, 4.69) is 21.0 Å². The number of aromatic nitrogens is 2. The second-order valence-electron chi connectivity index (χ2n) is 4.20. The fraction of sp³-hybridized carbons (Fsp3) is 0.385. The molecule has 0 aliphatic rings. The number of esters is 1. The molecular weight excluding hydrogens is 348 g/mol. The number of methoxy groups -OCH3 is 2. The SMILES string of the molecule is COCCCn1nc(Br)c2c(Cl)cc(C(=O)OC)cc21. The summed E-state index contributed by atoms with van der Waals surface area (Å²) < 4.78 is 12.2. The number of hydrogen-bond donors (Lipinski definition) is 0. The first-order valence-corrected chi connectivity index (χ1v) is 7.18. The number of benzene rings is 1. The predicted octanol–water partition coefficient (Wildman–Crippen LogP) is 3.28. The molecule has 2 aromatic rings. The molecule has 1 aromatic heterocycles. The lowest BCUT2D eigenvalue weighted by molar-refractivity contribution is 0.0601. The zero-order valence-electron chi connectivity index (χ0n) is 11.2. The summed E-state index contributed by atoms with van der Waals surface area (Å²) in [5, 5.41) is 5.64. The van der Waals surface area contributed by atoms with Crippen LogP contribution in [0.25, 0.3) is 10.9 Å². The van der Waals surface area contributed by atoms with Gasteiger partial charge in [-0.2, -0.15) is 5.10 Å². The summed E-state index contributed by atoms with van der Waals surface area (Å²) in [7, 11) is 3.00. The van der Waals surface area contributed by atoms with Crippen LogP contribution in [0.5, 0.6) is 0 Å². The van der Waals surface area contributed by atoms with E-state index in [1.807, 2.05) is 0 Å². The number of carbonyl (C=O) groups excluding carboxylic acids is 1. The van der Waals surface area contributed by atoms with E-state index in [1.165, 1.54) is 7.11 Å². The number of fused-ring (bicyclic) bond motifs is 1. The monoisotopic (exact) mass is 360 g/mol. The third-order valence-corrected chi connectivity index (χ3v) is 3.75. The van der Waals surface area contributed by atoms with E-state index in [9.17, 15) is 4.79 Å². The summed E-state index contributed by atoms with van der Waals surface area (Å²) in [5.74, 6) is -0.422. The number of halogens is 2. The zero-order valence-corrected chi connectivity index (χ0v) is 13.5. The Morgan fingerprint density at radius 2 is 2.20 bits per heavy atom. The van der Waals surface area contributed by atoms with Crippen LogP contribution in [0.1, 0.15) is 16.8 Å². The van der Waals surface area contributed by atoms with Crippen LogP contribution >= 0.6 is 27.5 Å². The molecule has 0 amide bonds.